The fraction of sp³-hybridized carbons (Fsp3) is 0.462. The number of nitrogens with two attached hydrogens (primary N) is 1. The SMILES string of the molecule is COCC(CCO)NC(=O)c1ccc(N)c(C)c1. The Morgan fingerprint density at radius 1 is 1.56 bits per heavy atom. The van der Waals surface area contributed by atoms with E-state index in [1.165, 1.54) is 0 Å². The van der Waals surface area contributed by atoms with E-state index in [0.29, 0.717) is 24.3 Å². The Morgan fingerprint density at radius 3 is 2.83 bits per heavy atom. The maximum Gasteiger partial charge on any atom is 0.251 e. The first-order valence-corrected chi connectivity index (χ1v) is 5.85. The van der Waals surface area contributed by atoms with E-state index in [1.54, 1.807) is 25.3 Å². The number of hydrogen-bond donors (Lipinski definition) is 3. The van der Waals surface area contributed by atoms with Gasteiger partial charge >= 0.3 is 0 Å². The Morgan fingerprint density at radius 2 is 2.28 bits per heavy atom. The molecule has 100 valence electrons. The Balaban J connectivity index is 2.70. The number of amides is 1. The largest absolute Gasteiger partial charge is 0.399 e. The number of carbonyl (C=O) groups is 1. The predicted molar refractivity (Wildman–Crippen MR) is 70.4 cm³/mol. The maximum atomic E-state index is 12.0. The van der Waals surface area contributed by atoms with Crippen molar-refractivity contribution in [2.75, 3.05) is 26.1 Å². The Labute approximate surface area is 107 Å². The summed E-state index contributed by atoms with van der Waals surface area (Å²) in [6.45, 7) is 2.24. The summed E-state index contributed by atoms with van der Waals surface area (Å²) in [6, 6.07) is 4.95. The highest BCUT2D eigenvalue weighted by atomic mass is 16.5. The van der Waals surface area contributed by atoms with Crippen LogP contribution in [-0.4, -0.2) is 37.4 Å². The van der Waals surface area contributed by atoms with Crippen LogP contribution < -0.4 is 11.1 Å². The van der Waals surface area contributed by atoms with Crippen LogP contribution in [0.5, 0.6) is 0 Å². The van der Waals surface area contributed by atoms with Crippen molar-refractivity contribution in [1.82, 2.24) is 5.32 Å². The van der Waals surface area contributed by atoms with E-state index in [9.17, 15) is 4.79 Å². The highest BCUT2D eigenvalue weighted by Crippen LogP contribution is 2.12. The number of rotatable bonds is 6. The van der Waals surface area contributed by atoms with Crippen molar-refractivity contribution in [3.63, 3.8) is 0 Å². The molecule has 18 heavy (non-hydrogen) atoms. The predicted octanol–water partition coefficient (Wildman–Crippen LogP) is 0.704. The van der Waals surface area contributed by atoms with E-state index in [4.69, 9.17) is 15.6 Å². The summed E-state index contributed by atoms with van der Waals surface area (Å²) in [5, 5.41) is 11.7. The van der Waals surface area contributed by atoms with Crippen LogP contribution in [0.2, 0.25) is 0 Å². The van der Waals surface area contributed by atoms with Crippen molar-refractivity contribution in [3.8, 4) is 0 Å². The van der Waals surface area contributed by atoms with Crippen LogP contribution in [0.3, 0.4) is 0 Å². The monoisotopic (exact) mass is 252 g/mol. The number of anilines is 1. The molecule has 5 heteroatoms. The summed E-state index contributed by atoms with van der Waals surface area (Å²) in [4.78, 5) is 12.0. The molecular formula is C13H20N2O3. The van der Waals surface area contributed by atoms with Gasteiger partial charge in [-0.15, -0.1) is 0 Å². The number of aryl methyl sites for hydroxylation is 1. The van der Waals surface area contributed by atoms with Crippen LogP contribution in [0.15, 0.2) is 18.2 Å². The van der Waals surface area contributed by atoms with Crippen molar-refractivity contribution in [3.05, 3.63) is 29.3 Å². The van der Waals surface area contributed by atoms with Gasteiger partial charge in [-0.2, -0.15) is 0 Å². The van der Waals surface area contributed by atoms with Crippen LogP contribution in [0, 0.1) is 6.92 Å². The van der Waals surface area contributed by atoms with Gasteiger partial charge in [-0.25, -0.2) is 0 Å². The average Bonchev–Trinajstić information content (AvgIpc) is 2.33. The lowest BCUT2D eigenvalue weighted by Crippen LogP contribution is -2.38. The summed E-state index contributed by atoms with van der Waals surface area (Å²) < 4.78 is 4.99. The minimum absolute atomic E-state index is 0.00900. The Kier molecular flexibility index (Phi) is 5.61. The molecule has 0 bridgehead atoms. The number of carbonyl (C=O) groups excluding carboxylic acids is 1. The molecule has 0 spiro atoms. The number of benzene rings is 1. The molecule has 0 aromatic heterocycles. The van der Waals surface area contributed by atoms with Gasteiger partial charge in [0.05, 0.1) is 12.6 Å². The van der Waals surface area contributed by atoms with Crippen LogP contribution >= 0.6 is 0 Å². The van der Waals surface area contributed by atoms with Crippen LogP contribution in [0.4, 0.5) is 5.69 Å². The molecule has 0 saturated heterocycles. The molecular weight excluding hydrogens is 232 g/mol. The normalized spacial score (nSPS) is 12.2. The molecule has 1 unspecified atom stereocenters. The zero-order valence-corrected chi connectivity index (χ0v) is 10.8. The minimum Gasteiger partial charge on any atom is -0.399 e. The third kappa shape index (κ3) is 4.01. The molecule has 1 atom stereocenters. The second-order valence-corrected chi connectivity index (χ2v) is 4.21. The first-order valence-electron chi connectivity index (χ1n) is 5.85. The van der Waals surface area contributed by atoms with Gasteiger partial charge in [0.25, 0.3) is 5.91 Å². The number of aliphatic hydroxyl groups is 1. The maximum absolute atomic E-state index is 12.0. The number of nitrogens with one attached hydrogen (secondary N) is 1. The standard InChI is InChI=1S/C13H20N2O3/c1-9-7-10(3-4-12(9)14)13(17)15-11(5-6-16)8-18-2/h3-4,7,11,16H,5-6,8,14H2,1-2H3,(H,15,17). The topological polar surface area (TPSA) is 84.6 Å². The summed E-state index contributed by atoms with van der Waals surface area (Å²) in [7, 11) is 1.56. The third-order valence-electron chi connectivity index (χ3n) is 2.71. The van der Waals surface area contributed by atoms with Gasteiger partial charge in [-0.05, 0) is 37.1 Å². The average molecular weight is 252 g/mol. The number of nitrogen functional groups attached to an aromatic ring is 1. The zero-order chi connectivity index (χ0) is 13.5. The molecule has 0 fully saturated rings. The van der Waals surface area contributed by atoms with Crippen molar-refractivity contribution in [2.24, 2.45) is 0 Å². The molecule has 0 aliphatic rings. The van der Waals surface area contributed by atoms with E-state index in [0.717, 1.165) is 5.56 Å². The van der Waals surface area contributed by atoms with E-state index in [-0.39, 0.29) is 18.6 Å². The molecule has 1 amide bonds. The van der Waals surface area contributed by atoms with Gasteiger partial charge in [-0.1, -0.05) is 0 Å². The van der Waals surface area contributed by atoms with Crippen molar-refractivity contribution >= 4 is 11.6 Å². The second kappa shape index (κ2) is 6.98. The van der Waals surface area contributed by atoms with Crippen molar-refractivity contribution < 1.29 is 14.6 Å². The lowest BCUT2D eigenvalue weighted by molar-refractivity contribution is 0.0878. The van der Waals surface area contributed by atoms with Gasteiger partial charge in [0, 0.05) is 25.0 Å². The zero-order valence-electron chi connectivity index (χ0n) is 10.8. The summed E-state index contributed by atoms with van der Waals surface area (Å²) in [5.74, 6) is -0.186. The molecule has 0 aliphatic heterocycles. The van der Waals surface area contributed by atoms with Crippen LogP contribution in [0.1, 0.15) is 22.3 Å². The van der Waals surface area contributed by atoms with E-state index in [2.05, 4.69) is 5.32 Å². The number of methoxy groups -OCH3 is 1. The molecule has 1 aromatic carbocycles. The molecule has 0 radical (unpaired) electrons. The number of hydrogen-bond acceptors (Lipinski definition) is 4. The van der Waals surface area contributed by atoms with Crippen molar-refractivity contribution in [2.45, 2.75) is 19.4 Å². The van der Waals surface area contributed by atoms with E-state index in [1.807, 2.05) is 6.92 Å². The fourth-order valence-electron chi connectivity index (χ4n) is 1.64. The lowest BCUT2D eigenvalue weighted by Gasteiger charge is -2.17. The van der Waals surface area contributed by atoms with Gasteiger partial charge in [0.2, 0.25) is 0 Å². The van der Waals surface area contributed by atoms with E-state index >= 15 is 0 Å². The summed E-state index contributed by atoms with van der Waals surface area (Å²) in [5.41, 5.74) is 7.79. The second-order valence-electron chi connectivity index (χ2n) is 4.21. The van der Waals surface area contributed by atoms with Gasteiger partial charge in [-0.3, -0.25) is 4.79 Å². The van der Waals surface area contributed by atoms with Crippen molar-refractivity contribution in [1.29, 1.82) is 0 Å². The number of ether oxygens (including phenoxy) is 1. The Bertz CT molecular complexity index is 401. The Hall–Kier alpha value is -1.59. The highest BCUT2D eigenvalue weighted by molar-refractivity contribution is 5.95. The van der Waals surface area contributed by atoms with Crippen LogP contribution in [0.25, 0.3) is 0 Å². The first-order chi connectivity index (χ1) is 8.58. The van der Waals surface area contributed by atoms with Gasteiger partial charge in [0.1, 0.15) is 0 Å². The number of aliphatic hydroxyl groups excluding tert-OH is 1. The minimum atomic E-state index is -0.189. The molecule has 5 nitrogen and oxygen atoms in total. The summed E-state index contributed by atoms with van der Waals surface area (Å²) in [6.07, 6.45) is 0.466. The molecule has 0 saturated carbocycles. The molecule has 0 heterocycles. The molecule has 1 rings (SSSR count). The van der Waals surface area contributed by atoms with Crippen LogP contribution in [-0.2, 0) is 4.74 Å². The summed E-state index contributed by atoms with van der Waals surface area (Å²) >= 11 is 0. The van der Waals surface area contributed by atoms with E-state index < -0.39 is 0 Å². The smallest absolute Gasteiger partial charge is 0.251 e. The van der Waals surface area contributed by atoms with Gasteiger partial charge < -0.3 is 20.9 Å². The van der Waals surface area contributed by atoms with Gasteiger partial charge in [0.15, 0.2) is 0 Å². The molecule has 0 aliphatic carbocycles. The quantitative estimate of drug-likeness (QED) is 0.651. The lowest BCUT2D eigenvalue weighted by atomic mass is 10.1. The first kappa shape index (κ1) is 14.5. The third-order valence-corrected chi connectivity index (χ3v) is 2.71. The molecule has 1 aromatic rings. The fourth-order valence-corrected chi connectivity index (χ4v) is 1.64. The molecule has 4 N–H and O–H groups in total. The highest BCUT2D eigenvalue weighted by Gasteiger charge is 2.13.